The van der Waals surface area contributed by atoms with E-state index >= 15 is 0 Å². The van der Waals surface area contributed by atoms with Gasteiger partial charge in [0.25, 0.3) is 0 Å². The molecule has 0 bridgehead atoms. The summed E-state index contributed by atoms with van der Waals surface area (Å²) in [5, 5.41) is 0. The zero-order valence-electron chi connectivity index (χ0n) is 42.8. The van der Waals surface area contributed by atoms with Crippen LogP contribution >= 0.6 is 0 Å². The average molecular weight is 975 g/mol. The molecule has 14 nitrogen and oxygen atoms in total. The van der Waals surface area contributed by atoms with Crippen molar-refractivity contribution in [2.45, 2.75) is 125 Å². The summed E-state index contributed by atoms with van der Waals surface area (Å²) >= 11 is 0. The Morgan fingerprint density at radius 3 is 1.64 bits per heavy atom. The molecule has 2 aromatic rings. The molecule has 2 aromatic carbocycles. The minimum absolute atomic E-state index is 0.0741. The summed E-state index contributed by atoms with van der Waals surface area (Å²) in [6.45, 7) is 14.0. The summed E-state index contributed by atoms with van der Waals surface area (Å²) in [6.07, 6.45) is 16.9. The quantitative estimate of drug-likeness (QED) is 0.0259. The number of hydrogen-bond acceptors (Lipinski definition) is 14. The van der Waals surface area contributed by atoms with Crippen molar-refractivity contribution in [1.82, 2.24) is 0 Å². The lowest BCUT2D eigenvalue weighted by Crippen LogP contribution is -2.45. The predicted molar refractivity (Wildman–Crippen MR) is 264 cm³/mol. The first-order valence-corrected chi connectivity index (χ1v) is 25.1. The van der Waals surface area contributed by atoms with Gasteiger partial charge in [-0.3, -0.25) is 19.2 Å². The maximum absolute atomic E-state index is 13.1. The first kappa shape index (κ1) is 56.9. The van der Waals surface area contributed by atoms with Gasteiger partial charge in [0.15, 0.2) is 11.8 Å². The van der Waals surface area contributed by atoms with E-state index in [4.69, 9.17) is 37.9 Å². The fourth-order valence-electron chi connectivity index (χ4n) is 9.13. The molecule has 2 unspecified atom stereocenters. The summed E-state index contributed by atoms with van der Waals surface area (Å²) in [5.41, 5.74) is 1.29. The Hall–Kier alpha value is -5.66. The normalized spacial score (nSPS) is 19.5. The van der Waals surface area contributed by atoms with Crippen LogP contribution in [0.4, 0.5) is 0 Å². The molecular weight excluding hydrogens is 897 g/mol. The van der Waals surface area contributed by atoms with Gasteiger partial charge < -0.3 is 37.9 Å². The molecule has 0 N–H and O–H groups in total. The number of methoxy groups -OCH3 is 2. The molecule has 0 heterocycles. The van der Waals surface area contributed by atoms with Gasteiger partial charge in [-0.2, -0.15) is 0 Å². The zero-order chi connectivity index (χ0) is 51.2. The van der Waals surface area contributed by atoms with Gasteiger partial charge in [0.05, 0.1) is 27.4 Å². The standard InChI is InChI=1S/C56H78O14/c1-10-11-12-14-41-16-20-43(21-17-41)44-22-18-42(19-23-44)32-66-48-27-24-45(25-28-48)46-26-29-49(47(31-46)15-13-30-65-50(57)37(2)3)67-33-56(34-68-51(58)38(4)5,35-69-54(61)39(6)52(59)63-8)36-70-55(62)40(7)53(60)64-9/h24-29,31,39-44H,2,4,10-23,30,32-36H2,1,3,5-9H3. The average Bonchev–Trinajstić information content (AvgIpc) is 3.38. The molecule has 0 saturated heterocycles. The minimum atomic E-state index is -1.59. The molecule has 2 saturated carbocycles. The molecule has 2 atom stereocenters. The topological polar surface area (TPSA) is 176 Å². The van der Waals surface area contributed by atoms with Crippen LogP contribution in [0.3, 0.4) is 0 Å². The maximum Gasteiger partial charge on any atom is 0.333 e. The number of aryl methyl sites for hydroxylation is 1. The largest absolute Gasteiger partial charge is 0.493 e. The summed E-state index contributed by atoms with van der Waals surface area (Å²) < 4.78 is 44.4. The smallest absolute Gasteiger partial charge is 0.333 e. The number of esters is 6. The van der Waals surface area contributed by atoms with Gasteiger partial charge in [0.1, 0.15) is 43.3 Å². The Morgan fingerprint density at radius 1 is 0.600 bits per heavy atom. The number of carbonyl (C=O) groups is 6. The molecule has 386 valence electrons. The van der Waals surface area contributed by atoms with Crippen LogP contribution in [-0.4, -0.2) is 89.7 Å². The number of ether oxygens (including phenoxy) is 8. The van der Waals surface area contributed by atoms with Gasteiger partial charge in [-0.25, -0.2) is 9.59 Å². The van der Waals surface area contributed by atoms with Gasteiger partial charge in [0.2, 0.25) is 0 Å². The number of unbranched alkanes of at least 4 members (excludes halogenated alkanes) is 2. The lowest BCUT2D eigenvalue weighted by Gasteiger charge is -2.38. The molecule has 70 heavy (non-hydrogen) atoms. The van der Waals surface area contributed by atoms with Crippen molar-refractivity contribution in [3.8, 4) is 22.6 Å². The van der Waals surface area contributed by atoms with Crippen LogP contribution in [0.2, 0.25) is 0 Å². The van der Waals surface area contributed by atoms with E-state index in [0.717, 1.165) is 54.4 Å². The number of hydrogen-bond donors (Lipinski definition) is 0. The third kappa shape index (κ3) is 17.9. The van der Waals surface area contributed by atoms with E-state index in [1.807, 2.05) is 36.4 Å². The fraction of sp³-hybridized carbons (Fsp3) is 0.607. The second kappa shape index (κ2) is 28.9. The molecule has 0 aromatic heterocycles. The van der Waals surface area contributed by atoms with E-state index < -0.39 is 72.9 Å². The summed E-state index contributed by atoms with van der Waals surface area (Å²) in [5.74, 6) is -3.06. The Bertz CT molecular complexity index is 2020. The van der Waals surface area contributed by atoms with Crippen LogP contribution in [0.25, 0.3) is 11.1 Å². The molecule has 0 aliphatic heterocycles. The first-order valence-electron chi connectivity index (χ1n) is 25.1. The van der Waals surface area contributed by atoms with Crippen LogP contribution in [0, 0.1) is 40.9 Å². The van der Waals surface area contributed by atoms with Gasteiger partial charge in [-0.05, 0) is 144 Å². The van der Waals surface area contributed by atoms with Crippen molar-refractivity contribution in [2.24, 2.45) is 40.9 Å². The highest BCUT2D eigenvalue weighted by molar-refractivity contribution is 5.95. The Balaban J connectivity index is 1.51. The van der Waals surface area contributed by atoms with Crippen molar-refractivity contribution in [3.05, 3.63) is 72.3 Å². The minimum Gasteiger partial charge on any atom is -0.493 e. The van der Waals surface area contributed by atoms with Crippen molar-refractivity contribution in [1.29, 1.82) is 0 Å². The second-order valence-electron chi connectivity index (χ2n) is 19.6. The van der Waals surface area contributed by atoms with Gasteiger partial charge in [0, 0.05) is 11.1 Å². The number of carbonyl (C=O) groups excluding carboxylic acids is 6. The van der Waals surface area contributed by atoms with E-state index in [0.29, 0.717) is 31.1 Å². The summed E-state index contributed by atoms with van der Waals surface area (Å²) in [6, 6.07) is 13.6. The van der Waals surface area contributed by atoms with Crippen molar-refractivity contribution in [2.75, 3.05) is 53.9 Å². The molecule has 0 spiro atoms. The predicted octanol–water partition coefficient (Wildman–Crippen LogP) is 10.2. The third-order valence-electron chi connectivity index (χ3n) is 13.8. The molecule has 2 fully saturated rings. The van der Waals surface area contributed by atoms with Crippen molar-refractivity contribution in [3.63, 3.8) is 0 Å². The second-order valence-corrected chi connectivity index (χ2v) is 19.6. The maximum atomic E-state index is 13.1. The van der Waals surface area contributed by atoms with Crippen LogP contribution in [-0.2, 0) is 63.6 Å². The van der Waals surface area contributed by atoms with Crippen LogP contribution in [0.15, 0.2) is 66.8 Å². The van der Waals surface area contributed by atoms with E-state index in [9.17, 15) is 28.8 Å². The number of benzene rings is 2. The van der Waals surface area contributed by atoms with E-state index in [2.05, 4.69) is 20.1 Å². The SMILES string of the molecule is C=C(C)C(=O)OCCCc1cc(-c2ccc(OCC3CCC(C4CCC(CCCCC)CC4)CC3)cc2)ccc1OCC(COC(=O)C(=C)C)(COC(=O)C(C)C(=O)OC)COC(=O)C(C)C(=O)OC. The molecule has 2 aliphatic rings. The molecule has 2 aliphatic carbocycles. The Labute approximate surface area is 415 Å². The fourth-order valence-corrected chi connectivity index (χ4v) is 9.13. The Morgan fingerprint density at radius 2 is 1.11 bits per heavy atom. The van der Waals surface area contributed by atoms with E-state index in [1.165, 1.54) is 97.8 Å². The first-order chi connectivity index (χ1) is 33.5. The number of rotatable bonds is 28. The van der Waals surface area contributed by atoms with Gasteiger partial charge in [-0.1, -0.05) is 76.8 Å². The Kier molecular flexibility index (Phi) is 23.5. The highest BCUT2D eigenvalue weighted by atomic mass is 16.6. The molecule has 0 amide bonds. The van der Waals surface area contributed by atoms with Crippen LogP contribution in [0.5, 0.6) is 11.5 Å². The molecule has 4 rings (SSSR count). The lowest BCUT2D eigenvalue weighted by molar-refractivity contribution is -0.170. The molecule has 14 heteroatoms. The van der Waals surface area contributed by atoms with Crippen LogP contribution < -0.4 is 9.47 Å². The van der Waals surface area contributed by atoms with Crippen molar-refractivity contribution >= 4 is 35.8 Å². The van der Waals surface area contributed by atoms with Crippen molar-refractivity contribution < 1.29 is 66.7 Å². The third-order valence-corrected chi connectivity index (χ3v) is 13.8. The molecular formula is C56H78O14. The van der Waals surface area contributed by atoms with Gasteiger partial charge >= 0.3 is 35.8 Å². The summed E-state index contributed by atoms with van der Waals surface area (Å²) in [4.78, 5) is 75.5. The highest BCUT2D eigenvalue weighted by Gasteiger charge is 2.40. The van der Waals surface area contributed by atoms with E-state index in [-0.39, 0.29) is 24.4 Å². The monoisotopic (exact) mass is 975 g/mol. The highest BCUT2D eigenvalue weighted by Crippen LogP contribution is 2.42. The van der Waals surface area contributed by atoms with Crippen LogP contribution in [0.1, 0.15) is 124 Å². The zero-order valence-corrected chi connectivity index (χ0v) is 42.8. The molecule has 0 radical (unpaired) electrons. The lowest BCUT2D eigenvalue weighted by atomic mass is 9.69. The van der Waals surface area contributed by atoms with E-state index in [1.54, 1.807) is 13.0 Å². The van der Waals surface area contributed by atoms with Gasteiger partial charge in [-0.15, -0.1) is 0 Å². The summed E-state index contributed by atoms with van der Waals surface area (Å²) in [7, 11) is 2.26.